The van der Waals surface area contributed by atoms with Crippen LogP contribution in [0.1, 0.15) is 11.4 Å². The second-order valence-corrected chi connectivity index (χ2v) is 6.22. The Morgan fingerprint density at radius 1 is 1.08 bits per heavy atom. The van der Waals surface area contributed by atoms with Crippen LogP contribution >= 0.6 is 0 Å². The zero-order valence-corrected chi connectivity index (χ0v) is 14.2. The van der Waals surface area contributed by atoms with Crippen LogP contribution in [0.5, 0.6) is 0 Å². The SMILES string of the molecule is Cc1nnc2c(N3CCN(C(=O)Cc4ccccc4)CC3)nccn12. The van der Waals surface area contributed by atoms with Crippen LogP contribution in [0, 0.1) is 6.92 Å². The summed E-state index contributed by atoms with van der Waals surface area (Å²) in [6.07, 6.45) is 4.09. The highest BCUT2D eigenvalue weighted by molar-refractivity contribution is 5.79. The number of hydrogen-bond acceptors (Lipinski definition) is 5. The normalized spacial score (nSPS) is 14.9. The quantitative estimate of drug-likeness (QED) is 0.722. The number of fused-ring (bicyclic) bond motifs is 1. The van der Waals surface area contributed by atoms with Gasteiger partial charge in [0.05, 0.1) is 6.42 Å². The third-order valence-corrected chi connectivity index (χ3v) is 4.61. The first-order valence-electron chi connectivity index (χ1n) is 8.45. The van der Waals surface area contributed by atoms with Gasteiger partial charge in [0.25, 0.3) is 0 Å². The fourth-order valence-corrected chi connectivity index (χ4v) is 3.20. The maximum atomic E-state index is 12.5. The first-order valence-corrected chi connectivity index (χ1v) is 8.45. The third-order valence-electron chi connectivity index (χ3n) is 4.61. The molecular weight excluding hydrogens is 316 g/mol. The van der Waals surface area contributed by atoms with Gasteiger partial charge in [-0.25, -0.2) is 4.98 Å². The highest BCUT2D eigenvalue weighted by atomic mass is 16.2. The van der Waals surface area contributed by atoms with Gasteiger partial charge in [0.15, 0.2) is 5.82 Å². The van der Waals surface area contributed by atoms with Crippen molar-refractivity contribution in [3.63, 3.8) is 0 Å². The second-order valence-electron chi connectivity index (χ2n) is 6.22. The van der Waals surface area contributed by atoms with Crippen molar-refractivity contribution < 1.29 is 4.79 Å². The maximum absolute atomic E-state index is 12.5. The molecule has 0 atom stereocenters. The van der Waals surface area contributed by atoms with Gasteiger partial charge >= 0.3 is 0 Å². The van der Waals surface area contributed by atoms with Crippen molar-refractivity contribution in [1.82, 2.24) is 24.5 Å². The van der Waals surface area contributed by atoms with Crippen LogP contribution in [-0.2, 0) is 11.2 Å². The molecule has 1 aromatic carbocycles. The predicted octanol–water partition coefficient (Wildman–Crippen LogP) is 1.32. The Kier molecular flexibility index (Phi) is 4.05. The van der Waals surface area contributed by atoms with E-state index in [4.69, 9.17) is 0 Å². The molecule has 0 saturated carbocycles. The van der Waals surface area contributed by atoms with E-state index in [1.807, 2.05) is 52.8 Å². The van der Waals surface area contributed by atoms with Gasteiger partial charge in [0.2, 0.25) is 11.6 Å². The minimum atomic E-state index is 0.176. The summed E-state index contributed by atoms with van der Waals surface area (Å²) in [5, 5.41) is 8.35. The summed E-state index contributed by atoms with van der Waals surface area (Å²) in [7, 11) is 0. The Morgan fingerprint density at radius 2 is 1.84 bits per heavy atom. The van der Waals surface area contributed by atoms with Gasteiger partial charge in [0, 0.05) is 38.6 Å². The summed E-state index contributed by atoms with van der Waals surface area (Å²) in [6.45, 7) is 4.81. The van der Waals surface area contributed by atoms with Gasteiger partial charge in [-0.1, -0.05) is 30.3 Å². The lowest BCUT2D eigenvalue weighted by atomic mass is 10.1. The van der Waals surface area contributed by atoms with Gasteiger partial charge in [-0.05, 0) is 12.5 Å². The highest BCUT2D eigenvalue weighted by Gasteiger charge is 2.24. The molecule has 3 aromatic rings. The second kappa shape index (κ2) is 6.51. The summed E-state index contributed by atoms with van der Waals surface area (Å²) >= 11 is 0. The van der Waals surface area contributed by atoms with Crippen molar-refractivity contribution in [3.05, 3.63) is 54.1 Å². The number of aromatic nitrogens is 4. The average molecular weight is 336 g/mol. The molecule has 1 amide bonds. The van der Waals surface area contributed by atoms with E-state index in [1.165, 1.54) is 0 Å². The number of benzene rings is 1. The van der Waals surface area contributed by atoms with E-state index in [1.54, 1.807) is 6.20 Å². The number of nitrogens with zero attached hydrogens (tertiary/aromatic N) is 6. The van der Waals surface area contributed by atoms with Crippen molar-refractivity contribution in [2.75, 3.05) is 31.1 Å². The number of hydrogen-bond donors (Lipinski definition) is 0. The van der Waals surface area contributed by atoms with Crippen LogP contribution in [0.2, 0.25) is 0 Å². The van der Waals surface area contributed by atoms with E-state index in [9.17, 15) is 4.79 Å². The summed E-state index contributed by atoms with van der Waals surface area (Å²) in [5.74, 6) is 1.85. The molecule has 4 rings (SSSR count). The van der Waals surface area contributed by atoms with E-state index < -0.39 is 0 Å². The Hall–Kier alpha value is -2.96. The number of piperazine rings is 1. The Morgan fingerprint density at radius 3 is 2.60 bits per heavy atom. The molecule has 1 aliphatic rings. The monoisotopic (exact) mass is 336 g/mol. The number of carbonyl (C=O) groups is 1. The molecule has 0 spiro atoms. The molecule has 7 nitrogen and oxygen atoms in total. The average Bonchev–Trinajstić information content (AvgIpc) is 3.04. The first-order chi connectivity index (χ1) is 12.2. The van der Waals surface area contributed by atoms with Crippen LogP contribution < -0.4 is 4.90 Å². The Bertz CT molecular complexity index is 883. The van der Waals surface area contributed by atoms with Gasteiger partial charge < -0.3 is 9.80 Å². The fourth-order valence-electron chi connectivity index (χ4n) is 3.20. The molecule has 2 aromatic heterocycles. The molecule has 1 saturated heterocycles. The van der Waals surface area contributed by atoms with Crippen LogP contribution in [0.25, 0.3) is 5.65 Å². The Labute approximate surface area is 145 Å². The smallest absolute Gasteiger partial charge is 0.227 e. The largest absolute Gasteiger partial charge is 0.350 e. The standard InChI is InChI=1S/C18H20N6O/c1-14-20-21-18-17(19-7-8-24(14)18)23-11-9-22(10-12-23)16(25)13-15-5-3-2-4-6-15/h2-8H,9-13H2,1H3. The molecule has 7 heteroatoms. The minimum absolute atomic E-state index is 0.176. The summed E-state index contributed by atoms with van der Waals surface area (Å²) < 4.78 is 1.94. The lowest BCUT2D eigenvalue weighted by Crippen LogP contribution is -2.49. The number of carbonyl (C=O) groups excluding carboxylic acids is 1. The summed E-state index contributed by atoms with van der Waals surface area (Å²) in [6, 6.07) is 9.88. The molecule has 1 fully saturated rings. The summed E-state index contributed by atoms with van der Waals surface area (Å²) in [4.78, 5) is 21.1. The predicted molar refractivity (Wildman–Crippen MR) is 94.5 cm³/mol. The van der Waals surface area contributed by atoms with Gasteiger partial charge in [-0.3, -0.25) is 9.20 Å². The van der Waals surface area contributed by atoms with Gasteiger partial charge in [-0.15, -0.1) is 10.2 Å². The van der Waals surface area contributed by atoms with Crippen molar-refractivity contribution >= 4 is 17.4 Å². The molecule has 25 heavy (non-hydrogen) atoms. The molecule has 128 valence electrons. The van der Waals surface area contributed by atoms with Crippen LogP contribution in [0.4, 0.5) is 5.82 Å². The highest BCUT2D eigenvalue weighted by Crippen LogP contribution is 2.19. The molecule has 1 aliphatic heterocycles. The lowest BCUT2D eigenvalue weighted by Gasteiger charge is -2.35. The molecule has 0 N–H and O–H groups in total. The van der Waals surface area contributed by atoms with Crippen molar-refractivity contribution in [1.29, 1.82) is 0 Å². The molecule has 3 heterocycles. The molecule has 0 unspecified atom stereocenters. The first kappa shape index (κ1) is 15.6. The van der Waals surface area contributed by atoms with Crippen molar-refractivity contribution in [2.45, 2.75) is 13.3 Å². The molecular formula is C18H20N6O. The van der Waals surface area contributed by atoms with E-state index >= 15 is 0 Å². The topological polar surface area (TPSA) is 66.6 Å². The van der Waals surface area contributed by atoms with Crippen LogP contribution in [0.3, 0.4) is 0 Å². The maximum Gasteiger partial charge on any atom is 0.227 e. The van der Waals surface area contributed by atoms with Crippen molar-refractivity contribution in [3.8, 4) is 0 Å². The number of anilines is 1. The minimum Gasteiger partial charge on any atom is -0.350 e. The third kappa shape index (κ3) is 3.05. The van der Waals surface area contributed by atoms with Crippen LogP contribution in [0.15, 0.2) is 42.7 Å². The zero-order valence-electron chi connectivity index (χ0n) is 14.2. The lowest BCUT2D eigenvalue weighted by molar-refractivity contribution is -0.130. The van der Waals surface area contributed by atoms with Crippen molar-refractivity contribution in [2.24, 2.45) is 0 Å². The molecule has 0 radical (unpaired) electrons. The fraction of sp³-hybridized carbons (Fsp3) is 0.333. The Balaban J connectivity index is 1.43. The number of amides is 1. The van der Waals surface area contributed by atoms with E-state index in [-0.39, 0.29) is 5.91 Å². The summed E-state index contributed by atoms with van der Waals surface area (Å²) in [5.41, 5.74) is 1.82. The zero-order chi connectivity index (χ0) is 17.2. The van der Waals surface area contributed by atoms with Gasteiger partial charge in [-0.2, -0.15) is 0 Å². The van der Waals surface area contributed by atoms with E-state index in [0.717, 1.165) is 35.9 Å². The van der Waals surface area contributed by atoms with Crippen LogP contribution in [-0.4, -0.2) is 56.6 Å². The van der Waals surface area contributed by atoms with E-state index in [2.05, 4.69) is 20.1 Å². The van der Waals surface area contributed by atoms with Gasteiger partial charge in [0.1, 0.15) is 5.82 Å². The van der Waals surface area contributed by atoms with E-state index in [0.29, 0.717) is 19.5 Å². The molecule has 0 bridgehead atoms. The number of rotatable bonds is 3. The number of aryl methyl sites for hydroxylation is 1. The molecule has 0 aliphatic carbocycles.